The van der Waals surface area contributed by atoms with E-state index in [0.29, 0.717) is 34.9 Å². The number of fused-ring (bicyclic) bond motifs is 5. The van der Waals surface area contributed by atoms with E-state index in [9.17, 15) is 14.4 Å². The van der Waals surface area contributed by atoms with Gasteiger partial charge in [-0.2, -0.15) is 0 Å². The molecule has 1 N–H and O–H groups in total. The molecule has 30 heavy (non-hydrogen) atoms. The predicted octanol–water partition coefficient (Wildman–Crippen LogP) is 3.68. The number of benzene rings is 2. The highest BCUT2D eigenvalue weighted by Crippen LogP contribution is 2.45. The van der Waals surface area contributed by atoms with Crippen LogP contribution in [0.1, 0.15) is 45.3 Å². The lowest BCUT2D eigenvalue weighted by Crippen LogP contribution is -2.48. The van der Waals surface area contributed by atoms with Gasteiger partial charge >= 0.3 is 0 Å². The van der Waals surface area contributed by atoms with Crippen LogP contribution in [0.25, 0.3) is 0 Å². The van der Waals surface area contributed by atoms with Crippen molar-refractivity contribution in [2.24, 2.45) is 0 Å². The number of carbonyl (C=O) groups excluding carboxylic acids is 3. The Morgan fingerprint density at radius 2 is 1.80 bits per heavy atom. The summed E-state index contributed by atoms with van der Waals surface area (Å²) < 4.78 is 0. The second-order valence-corrected chi connectivity index (χ2v) is 8.04. The summed E-state index contributed by atoms with van der Waals surface area (Å²) in [5.74, 6) is -0.381. The van der Waals surface area contributed by atoms with Gasteiger partial charge in [0.25, 0.3) is 11.8 Å². The van der Waals surface area contributed by atoms with Crippen LogP contribution in [-0.4, -0.2) is 34.2 Å². The Balaban J connectivity index is 1.41. The Bertz CT molecular complexity index is 1140. The largest absolute Gasteiger partial charge is 0.313 e. The summed E-state index contributed by atoms with van der Waals surface area (Å²) in [6, 6.07) is 14.6. The third-order valence-electron chi connectivity index (χ3n) is 5.36. The first-order valence-corrected chi connectivity index (χ1v) is 10.5. The number of amides is 3. The molecular formula is C22H18N4O3S. The average molecular weight is 418 g/mol. The van der Waals surface area contributed by atoms with E-state index in [-0.39, 0.29) is 24.1 Å². The normalized spacial score (nSPS) is 16.9. The second-order valence-electron chi connectivity index (χ2n) is 7.14. The van der Waals surface area contributed by atoms with E-state index in [2.05, 4.69) is 10.3 Å². The van der Waals surface area contributed by atoms with E-state index < -0.39 is 6.17 Å². The molecule has 0 fully saturated rings. The zero-order valence-corrected chi connectivity index (χ0v) is 16.8. The molecule has 7 nitrogen and oxygen atoms in total. The number of aromatic nitrogens is 1. The van der Waals surface area contributed by atoms with Gasteiger partial charge in [-0.15, -0.1) is 11.3 Å². The van der Waals surface area contributed by atoms with E-state index >= 15 is 0 Å². The van der Waals surface area contributed by atoms with Gasteiger partial charge in [0.2, 0.25) is 5.91 Å². The van der Waals surface area contributed by atoms with E-state index in [4.69, 9.17) is 0 Å². The third kappa shape index (κ3) is 2.96. The maximum atomic E-state index is 13.3. The fraction of sp³-hybridized carbons (Fsp3) is 0.182. The Kier molecular flexibility index (Phi) is 4.55. The summed E-state index contributed by atoms with van der Waals surface area (Å²) in [6.45, 7) is 0.362. The van der Waals surface area contributed by atoms with Gasteiger partial charge in [-0.3, -0.25) is 19.3 Å². The van der Waals surface area contributed by atoms with Crippen LogP contribution in [0.15, 0.2) is 60.1 Å². The topological polar surface area (TPSA) is 82.6 Å². The third-order valence-corrected chi connectivity index (χ3v) is 6.05. The van der Waals surface area contributed by atoms with Gasteiger partial charge in [0.1, 0.15) is 6.17 Å². The second kappa shape index (κ2) is 7.38. The molecule has 0 saturated heterocycles. The molecule has 0 aliphatic carbocycles. The number of nitrogens with zero attached hydrogens (tertiary/aromatic N) is 3. The summed E-state index contributed by atoms with van der Waals surface area (Å²) in [5, 5.41) is 5.11. The monoisotopic (exact) mass is 418 g/mol. The molecule has 2 aliphatic heterocycles. The van der Waals surface area contributed by atoms with Gasteiger partial charge in [0, 0.05) is 35.7 Å². The summed E-state index contributed by atoms with van der Waals surface area (Å²) in [5.41, 5.74) is 2.56. The van der Waals surface area contributed by atoms with Crippen molar-refractivity contribution in [1.29, 1.82) is 0 Å². The summed E-state index contributed by atoms with van der Waals surface area (Å²) in [4.78, 5) is 46.0. The molecule has 0 unspecified atom stereocenters. The van der Waals surface area contributed by atoms with Gasteiger partial charge in [-0.05, 0) is 24.6 Å². The predicted molar refractivity (Wildman–Crippen MR) is 113 cm³/mol. The maximum absolute atomic E-state index is 13.3. The number of carbonyl (C=O) groups is 3. The molecule has 2 aliphatic rings. The zero-order valence-electron chi connectivity index (χ0n) is 15.9. The standard InChI is InChI=1S/C22H18N4O3S/c27-18(24-22-23-11-13-30-22)10-5-12-25-19-14-6-1-2-7-15(14)21(29)26(19)17-9-4-3-8-16(17)20(25)28/h1-4,6-9,11,13,19H,5,10,12H2,(H,23,24,27)/t19-/m1/s1. The van der Waals surface area contributed by atoms with Crippen molar-refractivity contribution in [1.82, 2.24) is 9.88 Å². The molecule has 1 atom stereocenters. The summed E-state index contributed by atoms with van der Waals surface area (Å²) >= 11 is 1.36. The highest BCUT2D eigenvalue weighted by atomic mass is 32.1. The molecule has 3 heterocycles. The molecule has 5 rings (SSSR count). The van der Waals surface area contributed by atoms with Crippen LogP contribution in [0.3, 0.4) is 0 Å². The first kappa shape index (κ1) is 18.5. The molecule has 2 aromatic carbocycles. The smallest absolute Gasteiger partial charge is 0.260 e. The fourth-order valence-corrected chi connectivity index (χ4v) is 4.62. The van der Waals surface area contributed by atoms with Crippen molar-refractivity contribution in [3.8, 4) is 0 Å². The first-order chi connectivity index (χ1) is 14.6. The minimum Gasteiger partial charge on any atom is -0.313 e. The van der Waals surface area contributed by atoms with Gasteiger partial charge in [0.05, 0.1) is 11.3 Å². The van der Waals surface area contributed by atoms with Crippen LogP contribution in [0.2, 0.25) is 0 Å². The molecule has 150 valence electrons. The van der Waals surface area contributed by atoms with Gasteiger partial charge < -0.3 is 10.2 Å². The Morgan fingerprint density at radius 3 is 2.60 bits per heavy atom. The maximum Gasteiger partial charge on any atom is 0.260 e. The molecular weight excluding hydrogens is 400 g/mol. The van der Waals surface area contributed by atoms with Crippen LogP contribution in [0.5, 0.6) is 0 Å². The number of hydrogen-bond donors (Lipinski definition) is 1. The molecule has 8 heteroatoms. The first-order valence-electron chi connectivity index (χ1n) is 9.67. The minimum absolute atomic E-state index is 0.109. The minimum atomic E-state index is -0.488. The number of anilines is 2. The SMILES string of the molecule is O=C(CCCN1C(=O)c2ccccc2N2C(=O)c3ccccc3[C@H]12)Nc1nccs1. The van der Waals surface area contributed by atoms with E-state index in [0.717, 1.165) is 5.56 Å². The van der Waals surface area contributed by atoms with Crippen molar-refractivity contribution in [2.75, 3.05) is 16.8 Å². The Morgan fingerprint density at radius 1 is 1.03 bits per heavy atom. The van der Waals surface area contributed by atoms with Gasteiger partial charge in [-0.1, -0.05) is 30.3 Å². The molecule has 0 bridgehead atoms. The lowest BCUT2D eigenvalue weighted by atomic mass is 10.0. The highest BCUT2D eigenvalue weighted by molar-refractivity contribution is 7.13. The highest BCUT2D eigenvalue weighted by Gasteiger charge is 2.47. The van der Waals surface area contributed by atoms with Gasteiger partial charge in [0.15, 0.2) is 5.13 Å². The van der Waals surface area contributed by atoms with Crippen LogP contribution in [-0.2, 0) is 4.79 Å². The quantitative estimate of drug-likeness (QED) is 0.685. The average Bonchev–Trinajstić information content (AvgIpc) is 3.37. The van der Waals surface area contributed by atoms with Crippen LogP contribution in [0, 0.1) is 0 Å². The zero-order chi connectivity index (χ0) is 20.7. The van der Waals surface area contributed by atoms with Gasteiger partial charge in [-0.25, -0.2) is 4.98 Å². The fourth-order valence-electron chi connectivity index (χ4n) is 4.08. The van der Waals surface area contributed by atoms with Crippen molar-refractivity contribution >= 4 is 39.9 Å². The van der Waals surface area contributed by atoms with E-state index in [1.807, 2.05) is 30.3 Å². The van der Waals surface area contributed by atoms with Crippen molar-refractivity contribution in [3.63, 3.8) is 0 Å². The van der Waals surface area contributed by atoms with Crippen molar-refractivity contribution in [2.45, 2.75) is 19.0 Å². The van der Waals surface area contributed by atoms with E-state index in [1.165, 1.54) is 11.3 Å². The molecule has 0 saturated carbocycles. The number of hydrogen-bond acceptors (Lipinski definition) is 5. The molecule has 0 radical (unpaired) electrons. The molecule has 3 aromatic rings. The molecule has 3 amide bonds. The van der Waals surface area contributed by atoms with Crippen LogP contribution in [0.4, 0.5) is 10.8 Å². The summed E-state index contributed by atoms with van der Waals surface area (Å²) in [6.07, 6.45) is 1.88. The van der Waals surface area contributed by atoms with Crippen molar-refractivity contribution < 1.29 is 14.4 Å². The molecule has 0 spiro atoms. The van der Waals surface area contributed by atoms with Crippen LogP contribution >= 0.6 is 11.3 Å². The number of rotatable bonds is 5. The van der Waals surface area contributed by atoms with Crippen LogP contribution < -0.4 is 10.2 Å². The van der Waals surface area contributed by atoms with E-state index in [1.54, 1.807) is 39.6 Å². The van der Waals surface area contributed by atoms with Crippen molar-refractivity contribution in [3.05, 3.63) is 76.8 Å². The Hall–Kier alpha value is -3.52. The lowest BCUT2D eigenvalue weighted by molar-refractivity contribution is -0.116. The number of thiazole rings is 1. The lowest BCUT2D eigenvalue weighted by Gasteiger charge is -2.41. The molecule has 1 aromatic heterocycles. The summed E-state index contributed by atoms with van der Waals surface area (Å²) in [7, 11) is 0. The Labute approximate surface area is 177 Å². The number of para-hydroxylation sites is 1. The number of nitrogens with one attached hydrogen (secondary N) is 1.